The Hall–Kier alpha value is -0.940. The van der Waals surface area contributed by atoms with Crippen molar-refractivity contribution in [2.24, 2.45) is 11.3 Å². The summed E-state index contributed by atoms with van der Waals surface area (Å²) in [7, 11) is 3.42. The van der Waals surface area contributed by atoms with Gasteiger partial charge in [-0.25, -0.2) is 0 Å². The van der Waals surface area contributed by atoms with Crippen LogP contribution in [-0.2, 0) is 14.2 Å². The smallest absolute Gasteiger partial charge is 0.198 e. The molecule has 0 spiro atoms. The molecule has 0 unspecified atom stereocenters. The molecule has 4 atom stereocenters. The fourth-order valence-electron chi connectivity index (χ4n) is 5.35. The molecule has 26 heavy (non-hydrogen) atoms. The largest absolute Gasteiger partial charge is 0.389 e. The summed E-state index contributed by atoms with van der Waals surface area (Å²) in [6.07, 6.45) is 6.45. The highest BCUT2D eigenvalue weighted by atomic mass is 16.8. The lowest BCUT2D eigenvalue weighted by molar-refractivity contribution is -0.251. The van der Waals surface area contributed by atoms with Crippen LogP contribution in [0.2, 0.25) is 0 Å². The van der Waals surface area contributed by atoms with Crippen molar-refractivity contribution in [1.29, 1.82) is 0 Å². The summed E-state index contributed by atoms with van der Waals surface area (Å²) >= 11 is 0. The Labute approximate surface area is 157 Å². The van der Waals surface area contributed by atoms with Gasteiger partial charge < -0.3 is 19.3 Å². The molecule has 0 aromatic rings. The van der Waals surface area contributed by atoms with Crippen molar-refractivity contribution in [3.05, 3.63) is 34.9 Å². The first-order valence-electron chi connectivity index (χ1n) is 9.75. The van der Waals surface area contributed by atoms with E-state index in [1.54, 1.807) is 14.2 Å². The predicted octanol–water partition coefficient (Wildman–Crippen LogP) is 4.50. The molecule has 4 heteroatoms. The van der Waals surface area contributed by atoms with Crippen molar-refractivity contribution >= 4 is 0 Å². The van der Waals surface area contributed by atoms with E-state index in [1.807, 2.05) is 13.0 Å². The lowest BCUT2D eigenvalue weighted by Gasteiger charge is -2.46. The van der Waals surface area contributed by atoms with Gasteiger partial charge in [0.05, 0.1) is 6.10 Å². The average Bonchev–Trinajstić information content (AvgIpc) is 2.88. The van der Waals surface area contributed by atoms with Crippen LogP contribution < -0.4 is 0 Å². The standard InChI is InChI=1S/C22H34O4/c1-14-7-8-16-9-10-18-19(21(16,3)4)22(25-6,26-20(18)24-5)13-15(2)12-17(23)11-14/h12,16-17,20,23H,1,7-11,13H2,2-6H3/b15-12+/t16-,17+,20-,22-/m0/s1. The molecule has 0 aromatic heterocycles. The maximum absolute atomic E-state index is 10.4. The summed E-state index contributed by atoms with van der Waals surface area (Å²) in [6.45, 7) is 10.9. The second-order valence-electron chi connectivity index (χ2n) is 8.75. The molecule has 2 aliphatic carbocycles. The van der Waals surface area contributed by atoms with E-state index in [9.17, 15) is 5.11 Å². The van der Waals surface area contributed by atoms with Gasteiger partial charge >= 0.3 is 0 Å². The van der Waals surface area contributed by atoms with E-state index >= 15 is 0 Å². The van der Waals surface area contributed by atoms with Crippen LogP contribution in [0, 0.1) is 11.3 Å². The molecule has 1 aliphatic heterocycles. The zero-order chi connectivity index (χ0) is 19.1. The van der Waals surface area contributed by atoms with Crippen LogP contribution in [0.5, 0.6) is 0 Å². The summed E-state index contributed by atoms with van der Waals surface area (Å²) in [5.41, 5.74) is 4.67. The van der Waals surface area contributed by atoms with Crippen LogP contribution in [0.3, 0.4) is 0 Å². The number of rotatable bonds is 2. The van der Waals surface area contributed by atoms with E-state index in [2.05, 4.69) is 20.4 Å². The number of fused-ring (bicyclic) bond motifs is 1. The summed E-state index contributed by atoms with van der Waals surface area (Å²) < 4.78 is 18.1. The minimum atomic E-state index is -0.811. The Morgan fingerprint density at radius 1 is 1.23 bits per heavy atom. The molecule has 0 aromatic carbocycles. The molecular weight excluding hydrogens is 328 g/mol. The minimum Gasteiger partial charge on any atom is -0.389 e. The summed E-state index contributed by atoms with van der Waals surface area (Å²) in [5.74, 6) is -0.276. The molecule has 0 amide bonds. The van der Waals surface area contributed by atoms with E-state index in [0.717, 1.165) is 36.8 Å². The Morgan fingerprint density at radius 3 is 2.58 bits per heavy atom. The zero-order valence-electron chi connectivity index (χ0n) is 16.9. The number of hydrogen-bond acceptors (Lipinski definition) is 4. The average molecular weight is 363 g/mol. The van der Waals surface area contributed by atoms with Crippen LogP contribution in [0.1, 0.15) is 59.3 Å². The fraction of sp³-hybridized carbons (Fsp3) is 0.727. The molecule has 0 saturated carbocycles. The molecule has 0 fully saturated rings. The second-order valence-corrected chi connectivity index (χ2v) is 8.75. The highest BCUT2D eigenvalue weighted by Gasteiger charge is 2.56. The van der Waals surface area contributed by atoms with Crippen molar-refractivity contribution in [2.45, 2.75) is 77.5 Å². The van der Waals surface area contributed by atoms with Crippen molar-refractivity contribution in [3.8, 4) is 0 Å². The highest BCUT2D eigenvalue weighted by molar-refractivity contribution is 5.38. The number of methoxy groups -OCH3 is 2. The van der Waals surface area contributed by atoms with E-state index in [1.165, 1.54) is 11.1 Å². The first-order valence-corrected chi connectivity index (χ1v) is 9.75. The third-order valence-corrected chi connectivity index (χ3v) is 6.59. The van der Waals surface area contributed by atoms with Gasteiger partial charge in [-0.1, -0.05) is 37.6 Å². The number of aliphatic hydroxyl groups excluding tert-OH is 1. The topological polar surface area (TPSA) is 47.9 Å². The Bertz CT molecular complexity index is 630. The van der Waals surface area contributed by atoms with Crippen LogP contribution in [0.25, 0.3) is 0 Å². The van der Waals surface area contributed by atoms with Crippen LogP contribution in [0.4, 0.5) is 0 Å². The normalized spacial score (nSPS) is 39.8. The zero-order valence-corrected chi connectivity index (χ0v) is 16.9. The number of aliphatic hydroxyl groups is 1. The molecule has 1 heterocycles. The van der Waals surface area contributed by atoms with Crippen molar-refractivity contribution < 1.29 is 19.3 Å². The maximum Gasteiger partial charge on any atom is 0.198 e. The van der Waals surface area contributed by atoms with Crippen LogP contribution in [0.15, 0.2) is 34.9 Å². The lowest BCUT2D eigenvalue weighted by atomic mass is 9.61. The van der Waals surface area contributed by atoms with Gasteiger partial charge in [0.1, 0.15) is 0 Å². The third kappa shape index (κ3) is 3.33. The Morgan fingerprint density at radius 2 is 1.92 bits per heavy atom. The van der Waals surface area contributed by atoms with Crippen LogP contribution >= 0.6 is 0 Å². The van der Waals surface area contributed by atoms with Gasteiger partial charge in [-0.2, -0.15) is 0 Å². The molecule has 3 rings (SSSR count). The van der Waals surface area contributed by atoms with Gasteiger partial charge in [0.15, 0.2) is 12.1 Å². The quantitative estimate of drug-likeness (QED) is 0.735. The molecule has 1 N–H and O–H groups in total. The van der Waals surface area contributed by atoms with Gasteiger partial charge in [0.2, 0.25) is 0 Å². The van der Waals surface area contributed by atoms with E-state index in [-0.39, 0.29) is 11.7 Å². The Kier molecular flexibility index (Phi) is 5.51. The van der Waals surface area contributed by atoms with Crippen LogP contribution in [-0.4, -0.2) is 37.5 Å². The molecular formula is C22H34O4. The monoisotopic (exact) mass is 362 g/mol. The second kappa shape index (κ2) is 7.23. The van der Waals surface area contributed by atoms with Crippen molar-refractivity contribution in [2.75, 3.05) is 14.2 Å². The summed E-state index contributed by atoms with van der Waals surface area (Å²) in [6, 6.07) is 0. The molecule has 0 radical (unpaired) electrons. The minimum absolute atomic E-state index is 0.0325. The summed E-state index contributed by atoms with van der Waals surface area (Å²) in [4.78, 5) is 0. The number of ether oxygens (including phenoxy) is 3. The SMILES string of the molecule is C=C1CC[C@H]2CCC3=C(C2(C)C)[C@](OC)(C/C(C)=C/[C@H](O)C1)O[C@@H]3OC. The van der Waals surface area contributed by atoms with E-state index in [0.29, 0.717) is 18.8 Å². The lowest BCUT2D eigenvalue weighted by Crippen LogP contribution is -2.44. The predicted molar refractivity (Wildman–Crippen MR) is 103 cm³/mol. The van der Waals surface area contributed by atoms with E-state index in [4.69, 9.17) is 14.2 Å². The first-order chi connectivity index (χ1) is 12.2. The summed E-state index contributed by atoms with van der Waals surface area (Å²) in [5, 5.41) is 10.4. The van der Waals surface area contributed by atoms with Gasteiger partial charge in [0.25, 0.3) is 0 Å². The molecule has 3 aliphatic rings. The maximum atomic E-state index is 10.4. The van der Waals surface area contributed by atoms with Crippen molar-refractivity contribution in [3.63, 3.8) is 0 Å². The van der Waals surface area contributed by atoms with Crippen molar-refractivity contribution in [1.82, 2.24) is 0 Å². The fourth-order valence-corrected chi connectivity index (χ4v) is 5.35. The molecule has 146 valence electrons. The van der Waals surface area contributed by atoms with Gasteiger partial charge in [-0.3, -0.25) is 0 Å². The third-order valence-electron chi connectivity index (χ3n) is 6.59. The molecule has 2 bridgehead atoms. The molecule has 0 saturated heterocycles. The van der Waals surface area contributed by atoms with Gasteiger partial charge in [-0.15, -0.1) is 0 Å². The number of hydrogen-bond donors (Lipinski definition) is 1. The highest BCUT2D eigenvalue weighted by Crippen LogP contribution is 2.58. The first kappa shape index (κ1) is 19.8. The van der Waals surface area contributed by atoms with E-state index < -0.39 is 11.9 Å². The van der Waals surface area contributed by atoms with Gasteiger partial charge in [0, 0.05) is 20.6 Å². The Balaban J connectivity index is 2.12. The molecule has 4 nitrogen and oxygen atoms in total. The van der Waals surface area contributed by atoms with Gasteiger partial charge in [-0.05, 0) is 61.5 Å².